The summed E-state index contributed by atoms with van der Waals surface area (Å²) in [5.41, 5.74) is 12.6. The van der Waals surface area contributed by atoms with Gasteiger partial charge >= 0.3 is 0 Å². The summed E-state index contributed by atoms with van der Waals surface area (Å²) in [5.74, 6) is 0.584. The van der Waals surface area contributed by atoms with Gasteiger partial charge in [-0.15, -0.1) is 0 Å². The van der Waals surface area contributed by atoms with Gasteiger partial charge in [-0.3, -0.25) is 0 Å². The van der Waals surface area contributed by atoms with Crippen molar-refractivity contribution >= 4 is 11.1 Å². The Morgan fingerprint density at radius 1 is 0.765 bits per heavy atom. The zero-order valence-corrected chi connectivity index (χ0v) is 19.5. The third-order valence-electron chi connectivity index (χ3n) is 5.89. The molecule has 4 aromatic rings. The standard InChI is InChI=1S/C31H30FNO/c1-2-29(24-11-7-4-8-12-24)31(25-15-17-28(18-16-25)34-20-19-33)27-14-13-26(30(32)22-27)21-23-9-5-3-6-10-23/h3-18,22H,2,19-21,33H2,1H3/b31-29+. The van der Waals surface area contributed by atoms with Crippen LogP contribution in [0.15, 0.2) is 103 Å². The number of ether oxygens (including phenoxy) is 1. The molecule has 4 aromatic carbocycles. The molecule has 0 saturated carbocycles. The Bertz CT molecular complexity index is 1230. The molecule has 0 unspecified atom stereocenters. The Morgan fingerprint density at radius 3 is 2.03 bits per heavy atom. The molecule has 2 N–H and O–H groups in total. The first-order valence-corrected chi connectivity index (χ1v) is 11.7. The summed E-state index contributed by atoms with van der Waals surface area (Å²) in [6.45, 7) is 3.08. The topological polar surface area (TPSA) is 35.2 Å². The van der Waals surface area contributed by atoms with E-state index in [1.165, 1.54) is 5.57 Å². The predicted octanol–water partition coefficient (Wildman–Crippen LogP) is 7.12. The van der Waals surface area contributed by atoms with Gasteiger partial charge < -0.3 is 10.5 Å². The average molecular weight is 452 g/mol. The minimum Gasteiger partial charge on any atom is -0.492 e. The van der Waals surface area contributed by atoms with Crippen LogP contribution in [0.1, 0.15) is 41.2 Å². The summed E-state index contributed by atoms with van der Waals surface area (Å²) in [4.78, 5) is 0. The molecule has 2 nitrogen and oxygen atoms in total. The first-order valence-electron chi connectivity index (χ1n) is 11.7. The van der Waals surface area contributed by atoms with Gasteiger partial charge in [-0.05, 0) is 63.6 Å². The van der Waals surface area contributed by atoms with Gasteiger partial charge in [0, 0.05) is 13.0 Å². The van der Waals surface area contributed by atoms with Crippen molar-refractivity contribution < 1.29 is 9.13 Å². The van der Waals surface area contributed by atoms with Gasteiger partial charge in [0.15, 0.2) is 0 Å². The van der Waals surface area contributed by atoms with Crippen LogP contribution in [0.4, 0.5) is 4.39 Å². The van der Waals surface area contributed by atoms with Crippen molar-refractivity contribution in [3.05, 3.63) is 137 Å². The second-order valence-corrected chi connectivity index (χ2v) is 8.20. The lowest BCUT2D eigenvalue weighted by Crippen LogP contribution is -2.10. The van der Waals surface area contributed by atoms with E-state index < -0.39 is 0 Å². The summed E-state index contributed by atoms with van der Waals surface area (Å²) >= 11 is 0. The second-order valence-electron chi connectivity index (χ2n) is 8.20. The first kappa shape index (κ1) is 23.5. The third-order valence-corrected chi connectivity index (χ3v) is 5.89. The highest BCUT2D eigenvalue weighted by Gasteiger charge is 2.15. The van der Waals surface area contributed by atoms with Crippen molar-refractivity contribution in [1.82, 2.24) is 0 Å². The summed E-state index contributed by atoms with van der Waals surface area (Å²) in [6.07, 6.45) is 1.39. The van der Waals surface area contributed by atoms with Crippen LogP contribution in [0, 0.1) is 5.82 Å². The van der Waals surface area contributed by atoms with Gasteiger partial charge in [-0.25, -0.2) is 4.39 Å². The van der Waals surface area contributed by atoms with Gasteiger partial charge in [0.2, 0.25) is 0 Å². The molecule has 0 aliphatic carbocycles. The number of hydrogen-bond donors (Lipinski definition) is 1. The quantitative estimate of drug-likeness (QED) is 0.275. The molecule has 172 valence electrons. The lowest BCUT2D eigenvalue weighted by molar-refractivity contribution is 0.328. The SMILES string of the molecule is CC/C(=C(/c1ccc(OCCN)cc1)c1ccc(Cc2ccccc2)c(F)c1)c1ccccc1. The van der Waals surface area contributed by atoms with Crippen LogP contribution in [-0.2, 0) is 6.42 Å². The Kier molecular flexibility index (Phi) is 7.90. The van der Waals surface area contributed by atoms with E-state index in [9.17, 15) is 0 Å². The molecule has 0 saturated heterocycles. The van der Waals surface area contributed by atoms with E-state index in [4.69, 9.17) is 10.5 Å². The zero-order valence-electron chi connectivity index (χ0n) is 19.5. The number of nitrogens with two attached hydrogens (primary N) is 1. The number of hydrogen-bond acceptors (Lipinski definition) is 2. The van der Waals surface area contributed by atoms with E-state index in [2.05, 4.69) is 19.1 Å². The summed E-state index contributed by atoms with van der Waals surface area (Å²) in [6, 6.07) is 33.9. The molecule has 0 spiro atoms. The van der Waals surface area contributed by atoms with E-state index in [1.54, 1.807) is 6.07 Å². The molecule has 0 bridgehead atoms. The molecule has 0 amide bonds. The molecule has 0 radical (unpaired) electrons. The summed E-state index contributed by atoms with van der Waals surface area (Å²) < 4.78 is 21.0. The van der Waals surface area contributed by atoms with Crippen LogP contribution in [0.25, 0.3) is 11.1 Å². The van der Waals surface area contributed by atoms with Gasteiger partial charge in [0.05, 0.1) is 0 Å². The van der Waals surface area contributed by atoms with Crippen molar-refractivity contribution in [2.24, 2.45) is 5.73 Å². The van der Waals surface area contributed by atoms with Gasteiger partial charge in [-0.2, -0.15) is 0 Å². The smallest absolute Gasteiger partial charge is 0.127 e. The Labute approximate surface area is 201 Å². The molecule has 4 rings (SSSR count). The van der Waals surface area contributed by atoms with E-state index in [0.29, 0.717) is 25.1 Å². The molecule has 34 heavy (non-hydrogen) atoms. The lowest BCUT2D eigenvalue weighted by atomic mass is 9.87. The molecule has 0 fully saturated rings. The van der Waals surface area contributed by atoms with Crippen molar-refractivity contribution in [2.75, 3.05) is 13.2 Å². The van der Waals surface area contributed by atoms with E-state index in [1.807, 2.05) is 84.9 Å². The number of rotatable bonds is 9. The fourth-order valence-corrected chi connectivity index (χ4v) is 4.24. The summed E-state index contributed by atoms with van der Waals surface area (Å²) in [5, 5.41) is 0. The molecule has 0 aliphatic rings. The zero-order chi connectivity index (χ0) is 23.8. The van der Waals surface area contributed by atoms with Crippen LogP contribution in [0.2, 0.25) is 0 Å². The van der Waals surface area contributed by atoms with E-state index in [0.717, 1.165) is 40.0 Å². The average Bonchev–Trinajstić information content (AvgIpc) is 2.89. The molecule has 0 aromatic heterocycles. The maximum absolute atomic E-state index is 15.3. The molecule has 0 heterocycles. The van der Waals surface area contributed by atoms with Crippen molar-refractivity contribution in [3.8, 4) is 5.75 Å². The van der Waals surface area contributed by atoms with E-state index in [-0.39, 0.29) is 5.82 Å². The minimum atomic E-state index is -0.190. The lowest BCUT2D eigenvalue weighted by Gasteiger charge is -2.18. The molecule has 0 atom stereocenters. The maximum Gasteiger partial charge on any atom is 0.127 e. The Morgan fingerprint density at radius 2 is 1.41 bits per heavy atom. The van der Waals surface area contributed by atoms with Crippen LogP contribution in [0.3, 0.4) is 0 Å². The summed E-state index contributed by atoms with van der Waals surface area (Å²) in [7, 11) is 0. The predicted molar refractivity (Wildman–Crippen MR) is 139 cm³/mol. The monoisotopic (exact) mass is 451 g/mol. The van der Waals surface area contributed by atoms with Crippen molar-refractivity contribution in [1.29, 1.82) is 0 Å². The maximum atomic E-state index is 15.3. The normalized spacial score (nSPS) is 11.7. The fraction of sp³-hybridized carbons (Fsp3) is 0.161. The highest BCUT2D eigenvalue weighted by molar-refractivity contribution is 5.98. The van der Waals surface area contributed by atoms with Crippen LogP contribution in [-0.4, -0.2) is 13.2 Å². The van der Waals surface area contributed by atoms with E-state index >= 15 is 4.39 Å². The highest BCUT2D eigenvalue weighted by Crippen LogP contribution is 2.35. The second kappa shape index (κ2) is 11.4. The number of halogens is 1. The van der Waals surface area contributed by atoms with Crippen LogP contribution in [0.5, 0.6) is 5.75 Å². The number of allylic oxidation sites excluding steroid dienone is 1. The molecule has 3 heteroatoms. The largest absolute Gasteiger partial charge is 0.492 e. The fourth-order valence-electron chi connectivity index (χ4n) is 4.24. The Balaban J connectivity index is 1.78. The highest BCUT2D eigenvalue weighted by atomic mass is 19.1. The Hall–Kier alpha value is -3.69. The van der Waals surface area contributed by atoms with Gasteiger partial charge in [0.1, 0.15) is 18.2 Å². The van der Waals surface area contributed by atoms with Crippen molar-refractivity contribution in [2.45, 2.75) is 19.8 Å². The molecular formula is C31H30FNO. The van der Waals surface area contributed by atoms with Gasteiger partial charge in [0.25, 0.3) is 0 Å². The first-order chi connectivity index (χ1) is 16.7. The molecule has 0 aliphatic heterocycles. The third kappa shape index (κ3) is 5.62. The molecular weight excluding hydrogens is 421 g/mol. The number of benzene rings is 4. The minimum absolute atomic E-state index is 0.190. The van der Waals surface area contributed by atoms with Gasteiger partial charge in [-0.1, -0.05) is 91.9 Å². The van der Waals surface area contributed by atoms with Crippen LogP contribution >= 0.6 is 0 Å². The van der Waals surface area contributed by atoms with Crippen molar-refractivity contribution in [3.63, 3.8) is 0 Å². The van der Waals surface area contributed by atoms with Crippen LogP contribution < -0.4 is 10.5 Å².